The van der Waals surface area contributed by atoms with Gasteiger partial charge in [-0.25, -0.2) is 15.0 Å². The van der Waals surface area contributed by atoms with Gasteiger partial charge in [0.1, 0.15) is 6.07 Å². The summed E-state index contributed by atoms with van der Waals surface area (Å²) >= 11 is 0. The van der Waals surface area contributed by atoms with E-state index in [2.05, 4.69) is 130 Å². The Morgan fingerprint density at radius 3 is 0.922 bits per heavy atom. The minimum atomic E-state index is 0.422. The molecule has 0 unspecified atom stereocenters. The number of hydrogen-bond donors (Lipinski definition) is 0. The lowest BCUT2D eigenvalue weighted by Gasteiger charge is -2.18. The maximum atomic E-state index is 11.7. The quantitative estimate of drug-likeness (QED) is 0.130. The Balaban J connectivity index is 0.972. The van der Waals surface area contributed by atoms with Gasteiger partial charge < -0.3 is 9.13 Å². The Morgan fingerprint density at radius 2 is 0.567 bits per heavy atom. The van der Waals surface area contributed by atoms with Crippen LogP contribution in [0.15, 0.2) is 267 Å². The highest BCUT2D eigenvalue weighted by molar-refractivity contribution is 6.13. The monoisotopic (exact) mass is 1140 g/mol. The first kappa shape index (κ1) is 53.4. The Hall–Kier alpha value is -13.3. The summed E-state index contributed by atoms with van der Waals surface area (Å²) in [7, 11) is 0. The molecular weight excluding hydrogens is 1100 g/mol. The fraction of sp³-hybridized carbons (Fsp3) is 0. The van der Waals surface area contributed by atoms with Crippen molar-refractivity contribution in [1.82, 2.24) is 24.1 Å². The van der Waals surface area contributed by atoms with Gasteiger partial charge in [0, 0.05) is 43.8 Å². The molecule has 0 atom stereocenters. The molecule has 90 heavy (non-hydrogen) atoms. The molecule has 0 bridgehead atoms. The third kappa shape index (κ3) is 9.41. The molecule has 0 spiro atoms. The Kier molecular flexibility index (Phi) is 13.2. The molecule has 0 saturated carbocycles. The lowest BCUT2D eigenvalue weighted by molar-refractivity contribution is 1.06. The number of nitrogens with zero attached hydrogens (tertiary/aromatic N) is 10. The van der Waals surface area contributed by atoms with Crippen LogP contribution in [0.25, 0.3) is 145 Å². The van der Waals surface area contributed by atoms with Gasteiger partial charge in [-0.3, -0.25) is 0 Å². The van der Waals surface area contributed by atoms with E-state index in [1.54, 1.807) is 0 Å². The van der Waals surface area contributed by atoms with Crippen LogP contribution in [0, 0.1) is 56.7 Å². The lowest BCUT2D eigenvalue weighted by atomic mass is 9.95. The molecule has 15 rings (SSSR count). The summed E-state index contributed by atoms with van der Waals surface area (Å²) in [4.78, 5) is 15.8. The number of nitriles is 5. The topological polar surface area (TPSA) is 167 Å². The summed E-state index contributed by atoms with van der Waals surface area (Å²) in [6, 6.07) is 99.8. The first-order valence-electron chi connectivity index (χ1n) is 29.1. The van der Waals surface area contributed by atoms with E-state index in [9.17, 15) is 26.3 Å². The maximum absolute atomic E-state index is 11.7. The predicted molar refractivity (Wildman–Crippen MR) is 356 cm³/mol. The normalized spacial score (nSPS) is 11.1. The van der Waals surface area contributed by atoms with Gasteiger partial charge in [-0.1, -0.05) is 152 Å². The van der Waals surface area contributed by atoms with E-state index < -0.39 is 0 Å². The van der Waals surface area contributed by atoms with E-state index >= 15 is 0 Å². The van der Waals surface area contributed by atoms with Crippen LogP contribution >= 0.6 is 0 Å². The highest BCUT2D eigenvalue weighted by atomic mass is 15.1. The molecule has 12 aromatic carbocycles. The average Bonchev–Trinajstić information content (AvgIpc) is 1.59. The van der Waals surface area contributed by atoms with Gasteiger partial charge in [0.2, 0.25) is 0 Å². The van der Waals surface area contributed by atoms with Crippen LogP contribution in [0.5, 0.6) is 0 Å². The second-order valence-corrected chi connectivity index (χ2v) is 21.9. The molecule has 414 valence electrons. The molecule has 3 heterocycles. The molecule has 0 amide bonds. The molecule has 15 aromatic rings. The van der Waals surface area contributed by atoms with Crippen LogP contribution in [0.2, 0.25) is 0 Å². The molecule has 0 saturated heterocycles. The minimum Gasteiger partial charge on any atom is -0.308 e. The van der Waals surface area contributed by atoms with E-state index in [1.807, 2.05) is 176 Å². The lowest BCUT2D eigenvalue weighted by Crippen LogP contribution is -2.04. The summed E-state index contributed by atoms with van der Waals surface area (Å²) in [5.74, 6) is 1.41. The second-order valence-electron chi connectivity index (χ2n) is 21.9. The molecule has 0 radical (unpaired) electrons. The van der Waals surface area contributed by atoms with Crippen LogP contribution in [0.4, 0.5) is 0 Å². The molecule has 3 aromatic heterocycles. The highest BCUT2D eigenvalue weighted by Gasteiger charge is 2.24. The van der Waals surface area contributed by atoms with Gasteiger partial charge in [0.05, 0.1) is 85.5 Å². The van der Waals surface area contributed by atoms with E-state index in [1.165, 1.54) is 0 Å². The van der Waals surface area contributed by atoms with Gasteiger partial charge in [0.25, 0.3) is 0 Å². The molecule has 10 nitrogen and oxygen atoms in total. The SMILES string of the molecule is N#Cc1ccc(-c2ccc3c(c2)c2cc(-c4ccc(C#N)cc4)ccc2n3-c2ccc(-c3cccc(-n4c5ccc(-c6ccc(C#N)cc6)cc5c5cc(-c6ccc(C#N)cc6)ccc54)c3C#N)cc2-c2nc(-c3ccccc3)nc(-c3ccccc3)n2)cc1. The van der Waals surface area contributed by atoms with Crippen LogP contribution < -0.4 is 0 Å². The smallest absolute Gasteiger partial charge is 0.166 e. The number of fused-ring (bicyclic) bond motifs is 6. The molecule has 0 fully saturated rings. The van der Waals surface area contributed by atoms with Crippen LogP contribution in [-0.4, -0.2) is 24.1 Å². The van der Waals surface area contributed by atoms with Crippen molar-refractivity contribution in [2.75, 3.05) is 0 Å². The number of rotatable bonds is 10. The molecule has 0 aliphatic rings. The first-order chi connectivity index (χ1) is 44.3. The van der Waals surface area contributed by atoms with Crippen molar-refractivity contribution in [3.63, 3.8) is 0 Å². The van der Waals surface area contributed by atoms with Gasteiger partial charge in [-0.05, 0) is 165 Å². The zero-order chi connectivity index (χ0) is 60.8. The summed E-state index contributed by atoms with van der Waals surface area (Å²) in [6.45, 7) is 0. The maximum Gasteiger partial charge on any atom is 0.166 e. The molecule has 10 heteroatoms. The van der Waals surface area contributed by atoms with Crippen molar-refractivity contribution in [1.29, 1.82) is 26.3 Å². The van der Waals surface area contributed by atoms with Crippen molar-refractivity contribution in [2.45, 2.75) is 0 Å². The van der Waals surface area contributed by atoms with Crippen molar-refractivity contribution >= 4 is 43.6 Å². The summed E-state index contributed by atoms with van der Waals surface area (Å²) in [5, 5.41) is 54.3. The van der Waals surface area contributed by atoms with Gasteiger partial charge in [-0.2, -0.15) is 26.3 Å². The minimum absolute atomic E-state index is 0.422. The van der Waals surface area contributed by atoms with Crippen molar-refractivity contribution < 1.29 is 0 Å². The predicted octanol–water partition coefficient (Wildman–Crippen LogP) is 18.8. The summed E-state index contributed by atoms with van der Waals surface area (Å²) < 4.78 is 4.44. The van der Waals surface area contributed by atoms with Crippen LogP contribution in [0.3, 0.4) is 0 Å². The summed E-state index contributed by atoms with van der Waals surface area (Å²) in [5.41, 5.74) is 19.4. The molecule has 0 aliphatic heterocycles. The fourth-order valence-electron chi connectivity index (χ4n) is 12.3. The molecular formula is C80H44N10. The number of benzene rings is 12. The zero-order valence-corrected chi connectivity index (χ0v) is 47.9. The van der Waals surface area contributed by atoms with E-state index in [-0.39, 0.29) is 0 Å². The van der Waals surface area contributed by atoms with Gasteiger partial charge >= 0.3 is 0 Å². The highest BCUT2D eigenvalue weighted by Crippen LogP contribution is 2.44. The molecule has 0 N–H and O–H groups in total. The zero-order valence-electron chi connectivity index (χ0n) is 47.9. The van der Waals surface area contributed by atoms with E-state index in [0.717, 1.165) is 110 Å². The van der Waals surface area contributed by atoms with Gasteiger partial charge in [-0.15, -0.1) is 0 Å². The van der Waals surface area contributed by atoms with Crippen molar-refractivity contribution in [2.24, 2.45) is 0 Å². The van der Waals surface area contributed by atoms with Crippen LogP contribution in [0.1, 0.15) is 27.8 Å². The third-order valence-electron chi connectivity index (χ3n) is 16.8. The standard InChI is InChI=1S/C80H44N10/c81-45-50-14-22-54(23-15-50)60-30-35-73-66(40-60)67-41-61(55-24-16-51(46-82)17-25-55)31-36-74(67)89(73)72-13-7-12-65(71(72)49-85)64-34-39-77(70(44-64)80-87-78(58-8-3-1-4-9-58)86-79(88-80)59-10-5-2-6-11-59)90-75-37-32-62(56-26-18-52(47-83)19-27-56)42-68(75)69-43-63(33-38-76(69)90)57-28-20-53(48-84)21-29-57/h1-44H. The second kappa shape index (κ2) is 22.3. The van der Waals surface area contributed by atoms with Gasteiger partial charge in [0.15, 0.2) is 17.5 Å². The average molecular weight is 1150 g/mol. The van der Waals surface area contributed by atoms with Crippen molar-refractivity contribution in [3.05, 3.63) is 295 Å². The van der Waals surface area contributed by atoms with E-state index in [4.69, 9.17) is 15.0 Å². The largest absolute Gasteiger partial charge is 0.308 e. The fourth-order valence-corrected chi connectivity index (χ4v) is 12.3. The summed E-state index contributed by atoms with van der Waals surface area (Å²) in [6.07, 6.45) is 0. The first-order valence-corrected chi connectivity index (χ1v) is 29.1. The Bertz CT molecular complexity index is 5330. The Morgan fingerprint density at radius 1 is 0.233 bits per heavy atom. The molecule has 0 aliphatic carbocycles. The van der Waals surface area contributed by atoms with E-state index in [0.29, 0.717) is 62.1 Å². The van der Waals surface area contributed by atoms with Crippen LogP contribution in [-0.2, 0) is 0 Å². The Labute approximate surface area is 517 Å². The van der Waals surface area contributed by atoms with Crippen molar-refractivity contribution in [3.8, 4) is 132 Å². The third-order valence-corrected chi connectivity index (χ3v) is 16.8. The number of aromatic nitrogens is 5. The number of hydrogen-bond acceptors (Lipinski definition) is 8.